The molecule has 0 atom stereocenters. The molecule has 0 aliphatic carbocycles. The Morgan fingerprint density at radius 2 is 2.03 bits per heavy atom. The number of carbonyl (C=O) groups is 1. The number of anilines is 2. The monoisotopic (exact) mass is 417 g/mol. The Kier molecular flexibility index (Phi) is 6.35. The van der Waals surface area contributed by atoms with Crippen molar-refractivity contribution in [3.8, 4) is 0 Å². The average Bonchev–Trinajstić information content (AvgIpc) is 3.19. The van der Waals surface area contributed by atoms with Gasteiger partial charge >= 0.3 is 0 Å². The molecule has 1 amide bonds. The van der Waals surface area contributed by atoms with Crippen LogP contribution in [-0.2, 0) is 18.3 Å². The molecule has 1 N–H and O–H groups in total. The molecule has 0 aromatic carbocycles. The van der Waals surface area contributed by atoms with Crippen LogP contribution in [0, 0.1) is 12.8 Å². The van der Waals surface area contributed by atoms with Crippen molar-refractivity contribution in [3.63, 3.8) is 0 Å². The van der Waals surface area contributed by atoms with Gasteiger partial charge in [-0.1, -0.05) is 6.07 Å². The molecule has 0 saturated carbocycles. The van der Waals surface area contributed by atoms with Crippen LogP contribution in [0.25, 0.3) is 6.08 Å². The molecule has 0 unspecified atom stereocenters. The number of nitrogens with one attached hydrogen (secondary N) is 1. The van der Waals surface area contributed by atoms with Gasteiger partial charge in [-0.2, -0.15) is 5.10 Å². The molecule has 1 fully saturated rings. The minimum Gasteiger partial charge on any atom is -0.339 e. The zero-order valence-corrected chi connectivity index (χ0v) is 17.9. The fourth-order valence-corrected chi connectivity index (χ4v) is 3.78. The molecule has 4 rings (SSSR count). The molecule has 8 nitrogen and oxygen atoms in total. The zero-order chi connectivity index (χ0) is 21.6. The van der Waals surface area contributed by atoms with Gasteiger partial charge in [0.2, 0.25) is 5.91 Å². The second-order valence-corrected chi connectivity index (χ2v) is 7.87. The first kappa shape index (κ1) is 20.7. The molecule has 0 spiro atoms. The van der Waals surface area contributed by atoms with Crippen molar-refractivity contribution in [1.82, 2.24) is 29.6 Å². The maximum absolute atomic E-state index is 12.5. The lowest BCUT2D eigenvalue weighted by Crippen LogP contribution is -2.38. The average molecular weight is 418 g/mol. The number of hydrogen-bond acceptors (Lipinski definition) is 6. The van der Waals surface area contributed by atoms with Gasteiger partial charge < -0.3 is 10.2 Å². The molecule has 3 aromatic rings. The molecule has 1 saturated heterocycles. The van der Waals surface area contributed by atoms with Crippen molar-refractivity contribution >= 4 is 23.6 Å². The lowest BCUT2D eigenvalue weighted by atomic mass is 9.92. The summed E-state index contributed by atoms with van der Waals surface area (Å²) in [6, 6.07) is 7.80. The van der Waals surface area contributed by atoms with Crippen molar-refractivity contribution in [2.75, 3.05) is 18.4 Å². The van der Waals surface area contributed by atoms with E-state index in [2.05, 4.69) is 25.4 Å². The minimum atomic E-state index is 0.0545. The third-order valence-electron chi connectivity index (χ3n) is 5.66. The standard InChI is InChI=1S/C23H27N7O/c1-17-4-3-10-24-23(17)28-21-15-19(25-16-26-21)14-18-8-12-30(13-9-18)22(31)6-5-20-7-11-27-29(20)2/h3-7,10-11,15-16,18H,8-9,12-14H2,1-2H3,(H,24,25,26,28). The van der Waals surface area contributed by atoms with Gasteiger partial charge in [0, 0.05) is 50.4 Å². The number of likely N-dealkylation sites (tertiary alicyclic amines) is 1. The Morgan fingerprint density at radius 1 is 1.19 bits per heavy atom. The SMILES string of the molecule is Cc1cccnc1Nc1cc(CC2CCN(C(=O)C=Cc3ccnn3C)CC2)ncn1. The Labute approximate surface area is 182 Å². The lowest BCUT2D eigenvalue weighted by Gasteiger charge is -2.31. The summed E-state index contributed by atoms with van der Waals surface area (Å²) in [5.74, 6) is 2.11. The number of rotatable bonds is 6. The summed E-state index contributed by atoms with van der Waals surface area (Å²) in [5.41, 5.74) is 2.99. The van der Waals surface area contributed by atoms with Crippen molar-refractivity contribution in [1.29, 1.82) is 0 Å². The third-order valence-corrected chi connectivity index (χ3v) is 5.66. The van der Waals surface area contributed by atoms with Crippen LogP contribution < -0.4 is 5.32 Å². The lowest BCUT2D eigenvalue weighted by molar-refractivity contribution is -0.127. The van der Waals surface area contributed by atoms with E-state index in [0.29, 0.717) is 5.92 Å². The summed E-state index contributed by atoms with van der Waals surface area (Å²) in [7, 11) is 1.86. The fourth-order valence-electron chi connectivity index (χ4n) is 3.78. The second-order valence-electron chi connectivity index (χ2n) is 7.87. The number of nitrogens with zero attached hydrogens (tertiary/aromatic N) is 6. The Balaban J connectivity index is 1.30. The second kappa shape index (κ2) is 9.51. The van der Waals surface area contributed by atoms with Gasteiger partial charge in [0.15, 0.2) is 0 Å². The topological polar surface area (TPSA) is 88.8 Å². The molecule has 0 radical (unpaired) electrons. The van der Waals surface area contributed by atoms with Crippen molar-refractivity contribution in [2.24, 2.45) is 13.0 Å². The van der Waals surface area contributed by atoms with E-state index in [9.17, 15) is 4.79 Å². The Hall–Kier alpha value is -3.55. The van der Waals surface area contributed by atoms with E-state index in [1.807, 2.05) is 49.2 Å². The summed E-state index contributed by atoms with van der Waals surface area (Å²) in [5, 5.41) is 7.39. The summed E-state index contributed by atoms with van der Waals surface area (Å²) < 4.78 is 1.75. The number of aromatic nitrogens is 5. The van der Waals surface area contributed by atoms with Crippen molar-refractivity contribution in [3.05, 3.63) is 66.0 Å². The largest absolute Gasteiger partial charge is 0.339 e. The fraction of sp³-hybridized carbons (Fsp3) is 0.348. The van der Waals surface area contributed by atoms with Gasteiger partial charge in [-0.05, 0) is 55.9 Å². The van der Waals surface area contributed by atoms with Crippen LogP contribution >= 0.6 is 0 Å². The molecule has 8 heteroatoms. The highest BCUT2D eigenvalue weighted by atomic mass is 16.2. The highest BCUT2D eigenvalue weighted by Gasteiger charge is 2.22. The predicted molar refractivity (Wildman–Crippen MR) is 120 cm³/mol. The maximum atomic E-state index is 12.5. The van der Waals surface area contributed by atoms with Crippen molar-refractivity contribution in [2.45, 2.75) is 26.2 Å². The minimum absolute atomic E-state index is 0.0545. The maximum Gasteiger partial charge on any atom is 0.246 e. The summed E-state index contributed by atoms with van der Waals surface area (Å²) in [6.07, 6.45) is 11.4. The van der Waals surface area contributed by atoms with Crippen LogP contribution in [0.1, 0.15) is 29.8 Å². The van der Waals surface area contributed by atoms with E-state index >= 15 is 0 Å². The zero-order valence-electron chi connectivity index (χ0n) is 17.9. The van der Waals surface area contributed by atoms with Gasteiger partial charge in [-0.15, -0.1) is 0 Å². The van der Waals surface area contributed by atoms with Gasteiger partial charge in [0.05, 0.1) is 5.69 Å². The molecule has 160 valence electrons. The van der Waals surface area contributed by atoms with E-state index in [-0.39, 0.29) is 5.91 Å². The van der Waals surface area contributed by atoms with Crippen molar-refractivity contribution < 1.29 is 4.79 Å². The summed E-state index contributed by atoms with van der Waals surface area (Å²) >= 11 is 0. The number of amides is 1. The molecule has 3 aromatic heterocycles. The van der Waals surface area contributed by atoms with Crippen LogP contribution in [0.15, 0.2) is 49.1 Å². The first-order valence-electron chi connectivity index (χ1n) is 10.5. The highest BCUT2D eigenvalue weighted by Crippen LogP contribution is 2.23. The van der Waals surface area contributed by atoms with Crippen LogP contribution in [0.5, 0.6) is 0 Å². The normalized spacial score (nSPS) is 14.8. The number of piperidine rings is 1. The summed E-state index contributed by atoms with van der Waals surface area (Å²) in [4.78, 5) is 27.5. The predicted octanol–water partition coefficient (Wildman–Crippen LogP) is 3.15. The molecule has 1 aliphatic heterocycles. The van der Waals surface area contributed by atoms with E-state index in [0.717, 1.165) is 60.9 Å². The van der Waals surface area contributed by atoms with Gasteiger partial charge in [-0.25, -0.2) is 15.0 Å². The first-order valence-corrected chi connectivity index (χ1v) is 10.5. The first-order chi connectivity index (χ1) is 15.1. The van der Waals surface area contributed by atoms with Gasteiger partial charge in [0.25, 0.3) is 0 Å². The number of pyridine rings is 1. The number of hydrogen-bond donors (Lipinski definition) is 1. The van der Waals surface area contributed by atoms with Crippen LogP contribution in [-0.4, -0.2) is 48.6 Å². The highest BCUT2D eigenvalue weighted by molar-refractivity contribution is 5.91. The molecular weight excluding hydrogens is 390 g/mol. The van der Waals surface area contributed by atoms with Crippen LogP contribution in [0.2, 0.25) is 0 Å². The van der Waals surface area contributed by atoms with Gasteiger partial charge in [0.1, 0.15) is 18.0 Å². The molecule has 31 heavy (non-hydrogen) atoms. The van der Waals surface area contributed by atoms with Gasteiger partial charge in [-0.3, -0.25) is 9.48 Å². The van der Waals surface area contributed by atoms with E-state index in [1.54, 1.807) is 29.5 Å². The summed E-state index contributed by atoms with van der Waals surface area (Å²) in [6.45, 7) is 3.55. The molecule has 4 heterocycles. The van der Waals surface area contributed by atoms with Crippen LogP contribution in [0.4, 0.5) is 11.6 Å². The van der Waals surface area contributed by atoms with Crippen LogP contribution in [0.3, 0.4) is 0 Å². The molecule has 1 aliphatic rings. The number of carbonyl (C=O) groups excluding carboxylic acids is 1. The third kappa shape index (κ3) is 5.33. The Bertz CT molecular complexity index is 1070. The van der Waals surface area contributed by atoms with E-state index in [4.69, 9.17) is 0 Å². The van der Waals surface area contributed by atoms with E-state index < -0.39 is 0 Å². The quantitative estimate of drug-likeness (QED) is 0.620. The smallest absolute Gasteiger partial charge is 0.246 e. The Morgan fingerprint density at radius 3 is 2.77 bits per heavy atom. The molecular formula is C23H27N7O. The molecule has 0 bridgehead atoms. The number of aryl methyl sites for hydroxylation is 2. The van der Waals surface area contributed by atoms with E-state index in [1.165, 1.54) is 0 Å².